The number of carbonyl (C=O) groups excluding carboxylic acids is 1. The Morgan fingerprint density at radius 1 is 1.62 bits per heavy atom. The molecule has 1 N–H and O–H groups in total. The van der Waals surface area contributed by atoms with Gasteiger partial charge in [-0.2, -0.15) is 4.98 Å². The van der Waals surface area contributed by atoms with Gasteiger partial charge in [-0.05, 0) is 5.92 Å². The van der Waals surface area contributed by atoms with Crippen LogP contribution < -0.4 is 11.0 Å². The number of rotatable bonds is 3. The van der Waals surface area contributed by atoms with Gasteiger partial charge < -0.3 is 5.32 Å². The van der Waals surface area contributed by atoms with Crippen LogP contribution in [-0.2, 0) is 11.3 Å². The van der Waals surface area contributed by atoms with E-state index in [0.717, 1.165) is 6.20 Å². The van der Waals surface area contributed by atoms with Gasteiger partial charge in [-0.25, -0.2) is 9.18 Å². The van der Waals surface area contributed by atoms with Crippen LogP contribution in [0, 0.1) is 11.7 Å². The summed E-state index contributed by atoms with van der Waals surface area (Å²) in [6.45, 7) is 5.43. The fraction of sp³-hybridized carbons (Fsp3) is 0.500. The Kier molecular flexibility index (Phi) is 3.76. The van der Waals surface area contributed by atoms with E-state index in [1.165, 1.54) is 11.5 Å². The van der Waals surface area contributed by atoms with Crippen molar-refractivity contribution in [3.63, 3.8) is 0 Å². The second kappa shape index (κ2) is 4.87. The summed E-state index contributed by atoms with van der Waals surface area (Å²) >= 11 is 0. The van der Waals surface area contributed by atoms with E-state index in [4.69, 9.17) is 0 Å². The molecule has 5 nitrogen and oxygen atoms in total. The van der Waals surface area contributed by atoms with Crippen molar-refractivity contribution < 1.29 is 9.18 Å². The van der Waals surface area contributed by atoms with Crippen LogP contribution in [-0.4, -0.2) is 15.5 Å². The molecule has 0 fully saturated rings. The highest BCUT2D eigenvalue weighted by Crippen LogP contribution is 2.07. The smallest absolute Gasteiger partial charge is 0.308 e. The van der Waals surface area contributed by atoms with E-state index >= 15 is 0 Å². The lowest BCUT2D eigenvalue weighted by atomic mass is 10.2. The number of aromatic nitrogens is 2. The summed E-state index contributed by atoms with van der Waals surface area (Å²) in [7, 11) is 0. The summed E-state index contributed by atoms with van der Waals surface area (Å²) in [6.07, 6.45) is 1.06. The molecule has 0 aliphatic heterocycles. The number of nitrogens with one attached hydrogen (secondary N) is 1. The zero-order valence-electron chi connectivity index (χ0n) is 9.45. The molecule has 88 valence electrons. The molecule has 0 saturated heterocycles. The number of amides is 1. The second-order valence-electron chi connectivity index (χ2n) is 3.95. The highest BCUT2D eigenvalue weighted by atomic mass is 19.1. The predicted octanol–water partition coefficient (Wildman–Crippen LogP) is 0.997. The van der Waals surface area contributed by atoms with Crippen LogP contribution in [0.1, 0.15) is 20.8 Å². The lowest BCUT2D eigenvalue weighted by Crippen LogP contribution is -2.27. The number of nitrogens with zero attached hydrogens (tertiary/aromatic N) is 2. The number of hydrogen-bond donors (Lipinski definition) is 1. The number of halogens is 1. The van der Waals surface area contributed by atoms with Gasteiger partial charge in [-0.3, -0.25) is 9.36 Å². The molecule has 16 heavy (non-hydrogen) atoms. The maximum absolute atomic E-state index is 13.4. The van der Waals surface area contributed by atoms with Crippen LogP contribution in [0.3, 0.4) is 0 Å². The topological polar surface area (TPSA) is 64.0 Å². The van der Waals surface area contributed by atoms with E-state index in [1.54, 1.807) is 0 Å². The van der Waals surface area contributed by atoms with Crippen molar-refractivity contribution in [2.45, 2.75) is 27.3 Å². The van der Waals surface area contributed by atoms with Crippen molar-refractivity contribution in [2.24, 2.45) is 5.92 Å². The molecule has 0 aromatic carbocycles. The normalized spacial score (nSPS) is 10.6. The van der Waals surface area contributed by atoms with E-state index in [9.17, 15) is 14.0 Å². The van der Waals surface area contributed by atoms with Crippen molar-refractivity contribution in [3.8, 4) is 0 Å². The van der Waals surface area contributed by atoms with Gasteiger partial charge in [0.05, 0.1) is 0 Å². The largest absolute Gasteiger partial charge is 0.349 e. The van der Waals surface area contributed by atoms with Crippen LogP contribution >= 0.6 is 0 Å². The summed E-state index contributed by atoms with van der Waals surface area (Å²) in [4.78, 5) is 25.6. The quantitative estimate of drug-likeness (QED) is 0.837. The molecule has 0 aliphatic carbocycles. The minimum Gasteiger partial charge on any atom is -0.308 e. The molecule has 0 bridgehead atoms. The Hall–Kier alpha value is -1.72. The minimum absolute atomic E-state index is 0.213. The molecular formula is C10H14FN3O2. The number of hydrogen-bond acceptors (Lipinski definition) is 3. The zero-order chi connectivity index (χ0) is 12.3. The zero-order valence-corrected chi connectivity index (χ0v) is 9.45. The van der Waals surface area contributed by atoms with Crippen molar-refractivity contribution in [1.29, 1.82) is 0 Å². The van der Waals surface area contributed by atoms with Crippen molar-refractivity contribution in [2.75, 3.05) is 5.32 Å². The van der Waals surface area contributed by atoms with Crippen LogP contribution in [0.2, 0.25) is 0 Å². The van der Waals surface area contributed by atoms with Crippen LogP contribution in [0.25, 0.3) is 0 Å². The molecule has 1 aromatic heterocycles. The van der Waals surface area contributed by atoms with E-state index in [-0.39, 0.29) is 11.7 Å². The molecule has 6 heteroatoms. The van der Waals surface area contributed by atoms with Gasteiger partial charge in [0.15, 0.2) is 11.6 Å². The third-order valence-electron chi connectivity index (χ3n) is 1.80. The Labute approximate surface area is 92.3 Å². The molecule has 1 aromatic rings. The lowest BCUT2D eigenvalue weighted by molar-refractivity contribution is -0.114. The van der Waals surface area contributed by atoms with Gasteiger partial charge in [0.25, 0.3) is 0 Å². The van der Waals surface area contributed by atoms with E-state index in [0.29, 0.717) is 6.54 Å². The summed E-state index contributed by atoms with van der Waals surface area (Å²) in [5.74, 6) is -1.29. The summed E-state index contributed by atoms with van der Waals surface area (Å²) < 4.78 is 14.6. The number of carbonyl (C=O) groups is 1. The summed E-state index contributed by atoms with van der Waals surface area (Å²) in [5, 5.41) is 2.16. The molecule has 0 saturated carbocycles. The van der Waals surface area contributed by atoms with E-state index in [2.05, 4.69) is 10.3 Å². The number of anilines is 1. The van der Waals surface area contributed by atoms with E-state index < -0.39 is 17.4 Å². The second-order valence-corrected chi connectivity index (χ2v) is 3.95. The first-order valence-electron chi connectivity index (χ1n) is 4.94. The molecule has 1 heterocycles. The third kappa shape index (κ3) is 3.15. The highest BCUT2D eigenvalue weighted by molar-refractivity contribution is 5.87. The van der Waals surface area contributed by atoms with Gasteiger partial charge in [0, 0.05) is 19.7 Å². The van der Waals surface area contributed by atoms with Crippen LogP contribution in [0.4, 0.5) is 10.2 Å². The minimum atomic E-state index is -0.713. The van der Waals surface area contributed by atoms with Gasteiger partial charge >= 0.3 is 5.69 Å². The maximum atomic E-state index is 13.4. The third-order valence-corrected chi connectivity index (χ3v) is 1.80. The summed E-state index contributed by atoms with van der Waals surface area (Å²) in [5.41, 5.74) is -0.571. The maximum Gasteiger partial charge on any atom is 0.349 e. The van der Waals surface area contributed by atoms with Gasteiger partial charge in [-0.15, -0.1) is 0 Å². The molecule has 0 unspecified atom stereocenters. The SMILES string of the molecule is CC(=O)Nc1nc(=O)n(CC(C)C)cc1F. The van der Waals surface area contributed by atoms with Crippen molar-refractivity contribution in [1.82, 2.24) is 9.55 Å². The average molecular weight is 227 g/mol. The fourth-order valence-electron chi connectivity index (χ4n) is 1.25. The summed E-state index contributed by atoms with van der Waals surface area (Å²) in [6, 6.07) is 0. The van der Waals surface area contributed by atoms with Gasteiger partial charge in [-0.1, -0.05) is 13.8 Å². The Morgan fingerprint density at radius 2 is 2.25 bits per heavy atom. The molecule has 0 aliphatic rings. The van der Waals surface area contributed by atoms with Crippen molar-refractivity contribution >= 4 is 11.7 Å². The monoisotopic (exact) mass is 227 g/mol. The molecule has 1 amide bonds. The van der Waals surface area contributed by atoms with Gasteiger partial charge in [0.2, 0.25) is 5.91 Å². The molecule has 1 rings (SSSR count). The standard InChI is InChI=1S/C10H14FN3O2/c1-6(2)4-14-5-8(11)9(12-7(3)15)13-10(14)16/h5-6H,4H2,1-3H3,(H,12,13,15,16). The van der Waals surface area contributed by atoms with Crippen LogP contribution in [0.5, 0.6) is 0 Å². The first kappa shape index (κ1) is 12.4. The molecule has 0 atom stereocenters. The Bertz CT molecular complexity index is 454. The Balaban J connectivity index is 3.07. The van der Waals surface area contributed by atoms with Crippen LogP contribution in [0.15, 0.2) is 11.0 Å². The van der Waals surface area contributed by atoms with E-state index in [1.807, 2.05) is 13.8 Å². The van der Waals surface area contributed by atoms with Gasteiger partial charge in [0.1, 0.15) is 0 Å². The molecule has 0 radical (unpaired) electrons. The molecular weight excluding hydrogens is 213 g/mol. The highest BCUT2D eigenvalue weighted by Gasteiger charge is 2.10. The Morgan fingerprint density at radius 3 is 2.75 bits per heavy atom. The average Bonchev–Trinajstić information content (AvgIpc) is 2.11. The molecule has 0 spiro atoms. The lowest BCUT2D eigenvalue weighted by Gasteiger charge is -2.09. The first-order chi connectivity index (χ1) is 7.40. The van der Waals surface area contributed by atoms with Crippen molar-refractivity contribution in [3.05, 3.63) is 22.5 Å². The predicted molar refractivity (Wildman–Crippen MR) is 57.6 cm³/mol. The first-order valence-corrected chi connectivity index (χ1v) is 4.94. The fourth-order valence-corrected chi connectivity index (χ4v) is 1.25.